The van der Waals surface area contributed by atoms with Gasteiger partial charge in [0.15, 0.2) is 11.5 Å². The van der Waals surface area contributed by atoms with Gasteiger partial charge in [0.25, 0.3) is 0 Å². The average molecular weight is 339 g/mol. The number of hydrogen-bond acceptors (Lipinski definition) is 4. The Morgan fingerprint density at radius 2 is 1.92 bits per heavy atom. The molecule has 2 N–H and O–H groups in total. The molecule has 2 rings (SSSR count). The van der Waals surface area contributed by atoms with Gasteiger partial charge in [-0.15, -0.1) is 6.58 Å². The number of hydrogen-bond donors (Lipinski definition) is 2. The third-order valence-corrected chi connectivity index (χ3v) is 4.07. The van der Waals surface area contributed by atoms with Crippen molar-refractivity contribution >= 4 is 11.9 Å². The van der Waals surface area contributed by atoms with Crippen molar-refractivity contribution in [1.82, 2.24) is 0 Å². The molecule has 0 aliphatic carbocycles. The molecule has 0 fully saturated rings. The number of phenols is 2. The van der Waals surface area contributed by atoms with Crippen LogP contribution in [0.5, 0.6) is 17.2 Å². The summed E-state index contributed by atoms with van der Waals surface area (Å²) in [6.07, 6.45) is 4.10. The Balaban J connectivity index is 2.50. The molecule has 0 aliphatic heterocycles. The molecule has 0 aromatic heterocycles. The van der Waals surface area contributed by atoms with Gasteiger partial charge in [-0.05, 0) is 60.2 Å². The van der Waals surface area contributed by atoms with E-state index in [0.717, 1.165) is 22.4 Å². The first-order valence-electron chi connectivity index (χ1n) is 8.25. The van der Waals surface area contributed by atoms with E-state index in [-0.39, 0.29) is 17.4 Å². The number of rotatable bonds is 6. The van der Waals surface area contributed by atoms with Crippen LogP contribution in [0.1, 0.15) is 42.0 Å². The third-order valence-electron chi connectivity index (χ3n) is 4.07. The zero-order valence-electron chi connectivity index (χ0n) is 15.2. The smallest absolute Gasteiger partial charge is 0.166 e. The van der Waals surface area contributed by atoms with E-state index in [1.54, 1.807) is 24.4 Å². The fourth-order valence-corrected chi connectivity index (χ4v) is 2.64. The van der Waals surface area contributed by atoms with Gasteiger partial charge in [-0.2, -0.15) is 0 Å². The van der Waals surface area contributed by atoms with Crippen LogP contribution in [0.4, 0.5) is 5.69 Å². The molecule has 0 amide bonds. The van der Waals surface area contributed by atoms with Gasteiger partial charge in [-0.3, -0.25) is 4.99 Å². The van der Waals surface area contributed by atoms with Gasteiger partial charge in [0.2, 0.25) is 0 Å². The minimum absolute atomic E-state index is 0.0562. The molecule has 4 heteroatoms. The zero-order chi connectivity index (χ0) is 18.6. The molecule has 2 aromatic carbocycles. The summed E-state index contributed by atoms with van der Waals surface area (Å²) in [6.45, 7) is 9.68. The Labute approximate surface area is 149 Å². The Hall–Kier alpha value is -2.75. The average Bonchev–Trinajstić information content (AvgIpc) is 2.57. The second kappa shape index (κ2) is 7.88. The number of aliphatic imine (C=N–C) groups is 1. The van der Waals surface area contributed by atoms with Crippen LogP contribution in [0.15, 0.2) is 41.9 Å². The summed E-state index contributed by atoms with van der Waals surface area (Å²) in [5, 5.41) is 20.3. The lowest BCUT2D eigenvalue weighted by Gasteiger charge is -2.12. The largest absolute Gasteiger partial charge is 0.508 e. The lowest BCUT2D eigenvalue weighted by molar-refractivity contribution is 0.372. The van der Waals surface area contributed by atoms with Crippen LogP contribution in [-0.4, -0.2) is 23.5 Å². The highest BCUT2D eigenvalue weighted by molar-refractivity contribution is 5.87. The maximum Gasteiger partial charge on any atom is 0.166 e. The summed E-state index contributed by atoms with van der Waals surface area (Å²) in [5.74, 6) is 0.946. The summed E-state index contributed by atoms with van der Waals surface area (Å²) in [4.78, 5) is 4.56. The van der Waals surface area contributed by atoms with Crippen LogP contribution in [-0.2, 0) is 6.42 Å². The van der Waals surface area contributed by atoms with E-state index in [2.05, 4.69) is 11.6 Å². The van der Waals surface area contributed by atoms with Crippen molar-refractivity contribution in [3.8, 4) is 17.2 Å². The van der Waals surface area contributed by atoms with Gasteiger partial charge in [0.05, 0.1) is 12.8 Å². The fraction of sp³-hybridized carbons (Fsp3) is 0.286. The first kappa shape index (κ1) is 18.6. The summed E-state index contributed by atoms with van der Waals surface area (Å²) in [7, 11) is 1.52. The normalized spacial score (nSPS) is 11.2. The van der Waals surface area contributed by atoms with Gasteiger partial charge < -0.3 is 14.9 Å². The van der Waals surface area contributed by atoms with Crippen molar-refractivity contribution in [3.05, 3.63) is 59.2 Å². The topological polar surface area (TPSA) is 62.1 Å². The highest BCUT2D eigenvalue weighted by Gasteiger charge is 2.11. The molecule has 132 valence electrons. The number of benzene rings is 2. The quantitative estimate of drug-likeness (QED) is 0.574. The highest BCUT2D eigenvalue weighted by Crippen LogP contribution is 2.34. The van der Waals surface area contributed by atoms with E-state index in [1.165, 1.54) is 7.11 Å². The number of aryl methyl sites for hydroxylation is 1. The van der Waals surface area contributed by atoms with Crippen molar-refractivity contribution in [2.24, 2.45) is 4.99 Å². The summed E-state index contributed by atoms with van der Waals surface area (Å²) < 4.78 is 5.24. The number of allylic oxidation sites excluding steroid dienone is 1. The highest BCUT2D eigenvalue weighted by atomic mass is 16.5. The van der Waals surface area contributed by atoms with E-state index >= 15 is 0 Å². The lowest BCUT2D eigenvalue weighted by atomic mass is 9.99. The molecule has 0 atom stereocenters. The molecular weight excluding hydrogens is 314 g/mol. The first-order valence-corrected chi connectivity index (χ1v) is 8.25. The van der Waals surface area contributed by atoms with Crippen molar-refractivity contribution in [1.29, 1.82) is 0 Å². The first-order chi connectivity index (χ1) is 11.9. The summed E-state index contributed by atoms with van der Waals surface area (Å²) in [5.41, 5.74) is 4.05. The minimum Gasteiger partial charge on any atom is -0.508 e. The molecule has 0 bridgehead atoms. The van der Waals surface area contributed by atoms with Crippen LogP contribution in [0.25, 0.3) is 0 Å². The molecule has 0 radical (unpaired) electrons. The number of phenolic OH excluding ortho intramolecular Hbond substituents is 2. The van der Waals surface area contributed by atoms with Crippen molar-refractivity contribution in [2.75, 3.05) is 7.11 Å². The second-order valence-electron chi connectivity index (χ2n) is 6.34. The fourth-order valence-electron chi connectivity index (χ4n) is 2.64. The SMILES string of the molecule is C=CCc1cc(C=Nc2cc(C)c(O)cc2C(C)C)c(O)c(OC)c1. The Morgan fingerprint density at radius 3 is 2.52 bits per heavy atom. The molecule has 0 saturated carbocycles. The van der Waals surface area contributed by atoms with E-state index in [9.17, 15) is 10.2 Å². The van der Waals surface area contributed by atoms with Crippen molar-refractivity contribution in [3.63, 3.8) is 0 Å². The van der Waals surface area contributed by atoms with Crippen LogP contribution in [0, 0.1) is 6.92 Å². The molecule has 2 aromatic rings. The molecule has 4 nitrogen and oxygen atoms in total. The van der Waals surface area contributed by atoms with Crippen LogP contribution >= 0.6 is 0 Å². The zero-order valence-corrected chi connectivity index (χ0v) is 15.2. The van der Waals surface area contributed by atoms with Crippen molar-refractivity contribution < 1.29 is 14.9 Å². The molecule has 0 heterocycles. The number of aromatic hydroxyl groups is 2. The maximum atomic E-state index is 10.4. The summed E-state index contributed by atoms with van der Waals surface area (Å²) in [6, 6.07) is 7.26. The Bertz CT molecular complexity index is 807. The third kappa shape index (κ3) is 4.21. The molecule has 0 unspecified atom stereocenters. The monoisotopic (exact) mass is 339 g/mol. The van der Waals surface area contributed by atoms with E-state index in [1.807, 2.05) is 32.9 Å². The number of nitrogens with zero attached hydrogens (tertiary/aromatic N) is 1. The van der Waals surface area contributed by atoms with Crippen LogP contribution in [0.3, 0.4) is 0 Å². The molecule has 0 saturated heterocycles. The Kier molecular flexibility index (Phi) is 5.86. The van der Waals surface area contributed by atoms with Gasteiger partial charge in [-0.25, -0.2) is 0 Å². The van der Waals surface area contributed by atoms with E-state index in [0.29, 0.717) is 17.7 Å². The molecule has 0 spiro atoms. The maximum absolute atomic E-state index is 10.4. The summed E-state index contributed by atoms with van der Waals surface area (Å²) >= 11 is 0. The molecule has 25 heavy (non-hydrogen) atoms. The number of methoxy groups -OCH3 is 1. The molecule has 0 aliphatic rings. The predicted octanol–water partition coefficient (Wildman–Crippen LogP) is 5.02. The van der Waals surface area contributed by atoms with Gasteiger partial charge in [0, 0.05) is 11.8 Å². The second-order valence-corrected chi connectivity index (χ2v) is 6.34. The molecular formula is C21H25NO3. The van der Waals surface area contributed by atoms with Gasteiger partial charge in [-0.1, -0.05) is 19.9 Å². The van der Waals surface area contributed by atoms with Gasteiger partial charge >= 0.3 is 0 Å². The van der Waals surface area contributed by atoms with Crippen LogP contribution < -0.4 is 4.74 Å². The standard InChI is InChI=1S/C21H25NO3/c1-6-7-15-9-16(21(24)20(10-15)25-5)12-22-18-8-14(4)19(23)11-17(18)13(2)3/h6,8-13,23-24H,1,7H2,2-5H3. The van der Waals surface area contributed by atoms with Gasteiger partial charge in [0.1, 0.15) is 5.75 Å². The predicted molar refractivity (Wildman–Crippen MR) is 103 cm³/mol. The minimum atomic E-state index is 0.0562. The Morgan fingerprint density at radius 1 is 1.20 bits per heavy atom. The van der Waals surface area contributed by atoms with Crippen molar-refractivity contribution in [2.45, 2.75) is 33.1 Å². The van der Waals surface area contributed by atoms with E-state index < -0.39 is 0 Å². The lowest BCUT2D eigenvalue weighted by Crippen LogP contribution is -1.94. The van der Waals surface area contributed by atoms with E-state index in [4.69, 9.17) is 4.74 Å². The number of ether oxygens (including phenoxy) is 1. The van der Waals surface area contributed by atoms with Crippen LogP contribution in [0.2, 0.25) is 0 Å².